The van der Waals surface area contributed by atoms with E-state index in [2.05, 4.69) is 0 Å². The molecule has 0 aromatic heterocycles. The van der Waals surface area contributed by atoms with Gasteiger partial charge in [0, 0.05) is 25.7 Å². The average molecular weight is 297 g/mol. The van der Waals surface area contributed by atoms with Crippen LogP contribution in [0, 0.1) is 17.5 Å². The lowest BCUT2D eigenvalue weighted by molar-refractivity contribution is 0.0638. The first kappa shape index (κ1) is 15.9. The van der Waals surface area contributed by atoms with Crippen molar-refractivity contribution in [2.24, 2.45) is 0 Å². The average Bonchev–Trinajstić information content (AvgIpc) is 2.11. The van der Waals surface area contributed by atoms with E-state index in [1.54, 1.807) is 0 Å². The smallest absolute Gasteiger partial charge is 0.248 e. The molecule has 1 N–H and O–H groups in total. The van der Waals surface area contributed by atoms with Gasteiger partial charge in [-0.2, -0.15) is 4.31 Å². The SMILES string of the molecule is CN(CC(C)(C)O)S(=O)(=O)c1c(F)cc(F)cc1F. The maximum atomic E-state index is 13.5. The fourth-order valence-corrected chi connectivity index (χ4v) is 2.97. The van der Waals surface area contributed by atoms with E-state index in [-0.39, 0.29) is 18.7 Å². The van der Waals surface area contributed by atoms with Crippen molar-refractivity contribution in [2.45, 2.75) is 24.3 Å². The predicted octanol–water partition coefficient (Wildman–Crippen LogP) is 1.50. The monoisotopic (exact) mass is 297 g/mol. The molecule has 0 radical (unpaired) electrons. The van der Waals surface area contributed by atoms with Crippen LogP contribution in [0.15, 0.2) is 17.0 Å². The Balaban J connectivity index is 3.29. The summed E-state index contributed by atoms with van der Waals surface area (Å²) < 4.78 is 64.2. The van der Waals surface area contributed by atoms with Gasteiger partial charge < -0.3 is 5.11 Å². The topological polar surface area (TPSA) is 57.6 Å². The van der Waals surface area contributed by atoms with Gasteiger partial charge in [0.1, 0.15) is 17.5 Å². The zero-order valence-electron chi connectivity index (χ0n) is 10.6. The number of halogens is 3. The summed E-state index contributed by atoms with van der Waals surface area (Å²) in [5.41, 5.74) is -1.38. The molecule has 0 aliphatic rings. The molecule has 0 saturated carbocycles. The van der Waals surface area contributed by atoms with Gasteiger partial charge in [-0.25, -0.2) is 21.6 Å². The lowest BCUT2D eigenvalue weighted by Gasteiger charge is -2.25. The molecule has 0 aliphatic heterocycles. The van der Waals surface area contributed by atoms with Gasteiger partial charge in [0.25, 0.3) is 0 Å². The lowest BCUT2D eigenvalue weighted by atomic mass is 10.1. The highest BCUT2D eigenvalue weighted by Crippen LogP contribution is 2.24. The van der Waals surface area contributed by atoms with Gasteiger partial charge in [-0.3, -0.25) is 0 Å². The minimum absolute atomic E-state index is 0.286. The summed E-state index contributed by atoms with van der Waals surface area (Å²) in [7, 11) is -3.43. The molecular formula is C11H14F3NO3S. The second-order valence-corrected chi connectivity index (χ2v) is 6.75. The molecule has 0 bridgehead atoms. The number of aliphatic hydroxyl groups is 1. The third kappa shape index (κ3) is 3.68. The maximum absolute atomic E-state index is 13.5. The minimum atomic E-state index is -4.49. The Morgan fingerprint density at radius 2 is 1.63 bits per heavy atom. The number of likely N-dealkylation sites (N-methyl/N-ethyl adjacent to an activating group) is 1. The molecule has 0 amide bonds. The zero-order valence-corrected chi connectivity index (χ0v) is 11.4. The number of rotatable bonds is 4. The zero-order chi connectivity index (χ0) is 15.0. The summed E-state index contributed by atoms with van der Waals surface area (Å²) in [4.78, 5) is -1.24. The van der Waals surface area contributed by atoms with Crippen LogP contribution in [0.3, 0.4) is 0 Å². The molecule has 4 nitrogen and oxygen atoms in total. The van der Waals surface area contributed by atoms with Gasteiger partial charge in [0.2, 0.25) is 10.0 Å². The third-order valence-corrected chi connectivity index (χ3v) is 4.10. The number of benzene rings is 1. The second kappa shape index (κ2) is 5.10. The Labute approximate surface area is 109 Å². The summed E-state index contributed by atoms with van der Waals surface area (Å²) in [6, 6.07) is 0.571. The third-order valence-electron chi connectivity index (χ3n) is 2.24. The van der Waals surface area contributed by atoms with Gasteiger partial charge in [0.15, 0.2) is 4.90 Å². The molecule has 0 fully saturated rings. The van der Waals surface area contributed by atoms with Crippen LogP contribution in [0.1, 0.15) is 13.8 Å². The normalized spacial score (nSPS) is 13.1. The highest BCUT2D eigenvalue weighted by atomic mass is 32.2. The second-order valence-electron chi connectivity index (χ2n) is 4.77. The first-order chi connectivity index (χ1) is 8.45. The van der Waals surface area contributed by atoms with Gasteiger partial charge in [-0.1, -0.05) is 0 Å². The summed E-state index contributed by atoms with van der Waals surface area (Å²) in [5, 5.41) is 9.53. The van der Waals surface area contributed by atoms with E-state index in [4.69, 9.17) is 0 Å². The molecule has 1 aromatic carbocycles. The van der Waals surface area contributed by atoms with Crippen molar-refractivity contribution < 1.29 is 26.7 Å². The lowest BCUT2D eigenvalue weighted by Crippen LogP contribution is -2.40. The van der Waals surface area contributed by atoms with Crippen LogP contribution in [0.5, 0.6) is 0 Å². The van der Waals surface area contributed by atoms with Crippen LogP contribution in [0.25, 0.3) is 0 Å². The Kier molecular flexibility index (Phi) is 4.28. The molecule has 108 valence electrons. The quantitative estimate of drug-likeness (QED) is 0.916. The van der Waals surface area contributed by atoms with Crippen molar-refractivity contribution in [3.8, 4) is 0 Å². The van der Waals surface area contributed by atoms with Gasteiger partial charge in [0.05, 0.1) is 5.60 Å². The first-order valence-corrected chi connectivity index (χ1v) is 6.72. The Hall–Kier alpha value is -1.12. The van der Waals surface area contributed by atoms with E-state index >= 15 is 0 Å². The summed E-state index contributed by atoms with van der Waals surface area (Å²) in [5.74, 6) is -4.24. The van der Waals surface area contributed by atoms with Crippen molar-refractivity contribution in [2.75, 3.05) is 13.6 Å². The van der Waals surface area contributed by atoms with Crippen molar-refractivity contribution >= 4 is 10.0 Å². The highest BCUT2D eigenvalue weighted by molar-refractivity contribution is 7.89. The van der Waals surface area contributed by atoms with Crippen molar-refractivity contribution in [1.29, 1.82) is 0 Å². The van der Waals surface area contributed by atoms with Crippen LogP contribution in [-0.4, -0.2) is 37.0 Å². The summed E-state index contributed by atoms with van der Waals surface area (Å²) in [6.45, 7) is 2.32. The van der Waals surface area contributed by atoms with E-state index < -0.39 is 38.0 Å². The van der Waals surface area contributed by atoms with E-state index in [9.17, 15) is 26.7 Å². The van der Waals surface area contributed by atoms with E-state index in [1.807, 2.05) is 0 Å². The van der Waals surface area contributed by atoms with E-state index in [0.717, 1.165) is 7.05 Å². The fraction of sp³-hybridized carbons (Fsp3) is 0.455. The number of hydrogen-bond donors (Lipinski definition) is 1. The molecule has 1 aromatic rings. The van der Waals surface area contributed by atoms with Gasteiger partial charge in [-0.15, -0.1) is 0 Å². The molecule has 0 atom stereocenters. The molecule has 0 aliphatic carbocycles. The van der Waals surface area contributed by atoms with Crippen molar-refractivity contribution in [3.05, 3.63) is 29.6 Å². The molecule has 8 heteroatoms. The van der Waals surface area contributed by atoms with Crippen LogP contribution < -0.4 is 0 Å². The first-order valence-electron chi connectivity index (χ1n) is 5.28. The van der Waals surface area contributed by atoms with Crippen molar-refractivity contribution in [3.63, 3.8) is 0 Å². The molecule has 0 spiro atoms. The minimum Gasteiger partial charge on any atom is -0.389 e. The predicted molar refractivity (Wildman–Crippen MR) is 62.4 cm³/mol. The number of sulfonamides is 1. The van der Waals surface area contributed by atoms with Crippen molar-refractivity contribution in [1.82, 2.24) is 4.31 Å². The molecule has 0 heterocycles. The largest absolute Gasteiger partial charge is 0.389 e. The van der Waals surface area contributed by atoms with Crippen LogP contribution >= 0.6 is 0 Å². The van der Waals surface area contributed by atoms with Gasteiger partial charge >= 0.3 is 0 Å². The number of nitrogens with zero attached hydrogens (tertiary/aromatic N) is 1. The molecular weight excluding hydrogens is 283 g/mol. The Morgan fingerprint density at radius 1 is 1.21 bits per heavy atom. The summed E-state index contributed by atoms with van der Waals surface area (Å²) >= 11 is 0. The maximum Gasteiger partial charge on any atom is 0.248 e. The standard InChI is InChI=1S/C11H14F3NO3S/c1-11(2,16)6-15(3)19(17,18)10-8(13)4-7(12)5-9(10)14/h4-5,16H,6H2,1-3H3. The number of hydrogen-bond acceptors (Lipinski definition) is 3. The van der Waals surface area contributed by atoms with Crippen LogP contribution in [0.2, 0.25) is 0 Å². The molecule has 19 heavy (non-hydrogen) atoms. The highest BCUT2D eigenvalue weighted by Gasteiger charge is 2.31. The van der Waals surface area contributed by atoms with E-state index in [0.29, 0.717) is 4.31 Å². The van der Waals surface area contributed by atoms with Gasteiger partial charge in [-0.05, 0) is 13.8 Å². The molecule has 0 unspecified atom stereocenters. The van der Waals surface area contributed by atoms with E-state index in [1.165, 1.54) is 13.8 Å². The van der Waals surface area contributed by atoms with Crippen LogP contribution in [0.4, 0.5) is 13.2 Å². The summed E-state index contributed by atoms with van der Waals surface area (Å²) in [6.07, 6.45) is 0. The fourth-order valence-electron chi connectivity index (χ4n) is 1.56. The molecule has 0 saturated heterocycles. The van der Waals surface area contributed by atoms with Crippen LogP contribution in [-0.2, 0) is 10.0 Å². The Bertz CT molecular complexity index is 558. The Morgan fingerprint density at radius 3 is 2.00 bits per heavy atom. The molecule has 1 rings (SSSR count).